The highest BCUT2D eigenvalue weighted by molar-refractivity contribution is 6.22. The first-order valence-electron chi connectivity index (χ1n) is 6.66. The molecule has 0 spiro atoms. The number of ether oxygens (including phenoxy) is 1. The summed E-state index contributed by atoms with van der Waals surface area (Å²) in [5, 5.41) is 10.7. The second-order valence-electron chi connectivity index (χ2n) is 5.01. The summed E-state index contributed by atoms with van der Waals surface area (Å²) in [6.45, 7) is 2.06. The van der Waals surface area contributed by atoms with E-state index >= 15 is 0 Å². The van der Waals surface area contributed by atoms with Gasteiger partial charge in [-0.2, -0.15) is 0 Å². The Balaban J connectivity index is 2.24. The fraction of sp³-hybridized carbons (Fsp3) is 0.571. The number of halogens is 2. The van der Waals surface area contributed by atoms with Gasteiger partial charge in [0.15, 0.2) is 0 Å². The van der Waals surface area contributed by atoms with Crippen LogP contribution in [0.2, 0.25) is 0 Å². The standard InChI is InChI=1S/C14H17Cl2NO3/c1-2-11-7-13(16)12(8-15)14(20-11)9-3-5-10(6-4-9)17(18)19/h3-6,11-14H,2,7-8H2,1H3/t11-,12-,13+,14+/m0/s1. The monoisotopic (exact) mass is 317 g/mol. The molecule has 0 bridgehead atoms. The summed E-state index contributed by atoms with van der Waals surface area (Å²) in [6, 6.07) is 6.43. The van der Waals surface area contributed by atoms with Crippen molar-refractivity contribution in [2.75, 3.05) is 5.88 Å². The number of benzene rings is 1. The van der Waals surface area contributed by atoms with Crippen molar-refractivity contribution < 1.29 is 9.66 Å². The minimum atomic E-state index is -0.413. The Morgan fingerprint density at radius 2 is 2.05 bits per heavy atom. The molecule has 4 nitrogen and oxygen atoms in total. The molecule has 1 fully saturated rings. The van der Waals surface area contributed by atoms with Crippen LogP contribution < -0.4 is 0 Å². The largest absolute Gasteiger partial charge is 0.370 e. The van der Waals surface area contributed by atoms with Crippen molar-refractivity contribution in [2.45, 2.75) is 37.4 Å². The van der Waals surface area contributed by atoms with Gasteiger partial charge in [0.25, 0.3) is 5.69 Å². The summed E-state index contributed by atoms with van der Waals surface area (Å²) in [5.74, 6) is 0.425. The minimum Gasteiger partial charge on any atom is -0.370 e. The zero-order chi connectivity index (χ0) is 14.7. The zero-order valence-electron chi connectivity index (χ0n) is 11.2. The first-order valence-corrected chi connectivity index (χ1v) is 7.63. The van der Waals surface area contributed by atoms with Crippen molar-refractivity contribution in [3.63, 3.8) is 0 Å². The molecule has 1 aromatic carbocycles. The molecule has 1 heterocycles. The molecule has 0 N–H and O–H groups in total. The Bertz CT molecular complexity index is 466. The van der Waals surface area contributed by atoms with Crippen LogP contribution >= 0.6 is 23.2 Å². The van der Waals surface area contributed by atoms with Gasteiger partial charge in [0.2, 0.25) is 0 Å². The lowest BCUT2D eigenvalue weighted by Crippen LogP contribution is -2.37. The molecule has 0 aromatic heterocycles. The third kappa shape index (κ3) is 3.25. The van der Waals surface area contributed by atoms with E-state index in [0.717, 1.165) is 18.4 Å². The highest BCUT2D eigenvalue weighted by atomic mass is 35.5. The van der Waals surface area contributed by atoms with Gasteiger partial charge < -0.3 is 4.74 Å². The molecular weight excluding hydrogens is 301 g/mol. The molecule has 0 unspecified atom stereocenters. The van der Waals surface area contributed by atoms with E-state index in [1.54, 1.807) is 12.1 Å². The SMILES string of the molecule is CC[C@H]1C[C@@H](Cl)[C@H](CCl)[C@@H](c2ccc([N+](=O)[O-])cc2)O1. The quantitative estimate of drug-likeness (QED) is 0.472. The Morgan fingerprint density at radius 3 is 2.55 bits per heavy atom. The van der Waals surface area contributed by atoms with Crippen LogP contribution in [0, 0.1) is 16.0 Å². The fourth-order valence-electron chi connectivity index (χ4n) is 2.53. The molecule has 1 aliphatic heterocycles. The topological polar surface area (TPSA) is 52.4 Å². The molecule has 0 amide bonds. The number of non-ortho nitro benzene ring substituents is 1. The van der Waals surface area contributed by atoms with Crippen molar-refractivity contribution in [3.05, 3.63) is 39.9 Å². The maximum Gasteiger partial charge on any atom is 0.269 e. The summed E-state index contributed by atoms with van der Waals surface area (Å²) in [5.41, 5.74) is 0.964. The van der Waals surface area contributed by atoms with Gasteiger partial charge in [-0.1, -0.05) is 6.92 Å². The smallest absolute Gasteiger partial charge is 0.269 e. The molecule has 20 heavy (non-hydrogen) atoms. The van der Waals surface area contributed by atoms with Crippen LogP contribution in [-0.2, 0) is 4.74 Å². The van der Waals surface area contributed by atoms with E-state index in [-0.39, 0.29) is 29.2 Å². The highest BCUT2D eigenvalue weighted by Crippen LogP contribution is 2.40. The van der Waals surface area contributed by atoms with Crippen LogP contribution in [-0.4, -0.2) is 22.3 Å². The van der Waals surface area contributed by atoms with Crippen molar-refractivity contribution in [1.82, 2.24) is 0 Å². The van der Waals surface area contributed by atoms with Gasteiger partial charge in [-0.25, -0.2) is 0 Å². The van der Waals surface area contributed by atoms with Gasteiger partial charge in [0, 0.05) is 29.3 Å². The van der Waals surface area contributed by atoms with Crippen LogP contribution in [0.1, 0.15) is 31.4 Å². The Morgan fingerprint density at radius 1 is 1.40 bits per heavy atom. The van der Waals surface area contributed by atoms with Gasteiger partial charge in [-0.15, -0.1) is 23.2 Å². The number of alkyl halides is 2. The van der Waals surface area contributed by atoms with E-state index in [0.29, 0.717) is 5.88 Å². The number of nitrogens with zero attached hydrogens (tertiary/aromatic N) is 1. The maximum atomic E-state index is 10.7. The van der Waals surface area contributed by atoms with Gasteiger partial charge >= 0.3 is 0 Å². The molecule has 4 atom stereocenters. The summed E-state index contributed by atoms with van der Waals surface area (Å²) < 4.78 is 6.06. The van der Waals surface area contributed by atoms with Gasteiger partial charge in [-0.05, 0) is 30.5 Å². The number of nitro groups is 1. The van der Waals surface area contributed by atoms with E-state index in [1.807, 2.05) is 0 Å². The van der Waals surface area contributed by atoms with Crippen LogP contribution in [0.25, 0.3) is 0 Å². The molecule has 2 rings (SSSR count). The number of hydrogen-bond acceptors (Lipinski definition) is 3. The maximum absolute atomic E-state index is 10.7. The summed E-state index contributed by atoms with van der Waals surface area (Å²) >= 11 is 12.4. The summed E-state index contributed by atoms with van der Waals surface area (Å²) in [4.78, 5) is 10.3. The molecule has 6 heteroatoms. The van der Waals surface area contributed by atoms with Crippen molar-refractivity contribution in [3.8, 4) is 0 Å². The first-order chi connectivity index (χ1) is 9.56. The van der Waals surface area contributed by atoms with E-state index in [2.05, 4.69) is 6.92 Å². The van der Waals surface area contributed by atoms with Crippen LogP contribution in [0.4, 0.5) is 5.69 Å². The predicted molar refractivity (Wildman–Crippen MR) is 79.5 cm³/mol. The predicted octanol–water partition coefficient (Wildman–Crippen LogP) is 4.30. The van der Waals surface area contributed by atoms with E-state index in [9.17, 15) is 10.1 Å². The minimum absolute atomic E-state index is 0.0163. The second-order valence-corrected chi connectivity index (χ2v) is 5.87. The second kappa shape index (κ2) is 6.74. The van der Waals surface area contributed by atoms with Crippen LogP contribution in [0.3, 0.4) is 0 Å². The summed E-state index contributed by atoms with van der Waals surface area (Å²) in [6.07, 6.45) is 1.59. The molecule has 110 valence electrons. The van der Waals surface area contributed by atoms with Crippen molar-refractivity contribution >= 4 is 28.9 Å². The molecule has 1 saturated heterocycles. The fourth-order valence-corrected chi connectivity index (χ4v) is 3.42. The molecule has 1 aromatic rings. The van der Waals surface area contributed by atoms with E-state index in [4.69, 9.17) is 27.9 Å². The molecule has 0 radical (unpaired) electrons. The summed E-state index contributed by atoms with van der Waals surface area (Å²) in [7, 11) is 0. The number of nitro benzene ring substituents is 1. The Hall–Kier alpha value is -0.840. The Kier molecular flexibility index (Phi) is 5.24. The first kappa shape index (κ1) is 15.5. The average Bonchev–Trinajstić information content (AvgIpc) is 2.46. The normalized spacial score (nSPS) is 30.1. The van der Waals surface area contributed by atoms with Crippen molar-refractivity contribution in [1.29, 1.82) is 0 Å². The molecule has 1 aliphatic rings. The number of hydrogen-bond donors (Lipinski definition) is 0. The van der Waals surface area contributed by atoms with Crippen LogP contribution in [0.5, 0.6) is 0 Å². The molecular formula is C14H17Cl2NO3. The van der Waals surface area contributed by atoms with Crippen molar-refractivity contribution in [2.24, 2.45) is 5.92 Å². The lowest BCUT2D eigenvalue weighted by Gasteiger charge is -2.39. The van der Waals surface area contributed by atoms with Gasteiger partial charge in [-0.3, -0.25) is 10.1 Å². The third-order valence-electron chi connectivity index (χ3n) is 3.75. The third-order valence-corrected chi connectivity index (χ3v) is 4.60. The molecule has 0 aliphatic carbocycles. The highest BCUT2D eigenvalue weighted by Gasteiger charge is 2.37. The van der Waals surface area contributed by atoms with Gasteiger partial charge in [0.05, 0.1) is 17.1 Å². The lowest BCUT2D eigenvalue weighted by molar-refractivity contribution is -0.384. The van der Waals surface area contributed by atoms with E-state index in [1.165, 1.54) is 12.1 Å². The number of rotatable bonds is 4. The zero-order valence-corrected chi connectivity index (χ0v) is 12.7. The van der Waals surface area contributed by atoms with Gasteiger partial charge in [0.1, 0.15) is 0 Å². The molecule has 0 saturated carbocycles. The van der Waals surface area contributed by atoms with E-state index < -0.39 is 4.92 Å². The van der Waals surface area contributed by atoms with Crippen LogP contribution in [0.15, 0.2) is 24.3 Å². The average molecular weight is 318 g/mol. The lowest BCUT2D eigenvalue weighted by atomic mass is 9.87. The Labute approximate surface area is 128 Å².